The highest BCUT2D eigenvalue weighted by Crippen LogP contribution is 2.28. The third-order valence-corrected chi connectivity index (χ3v) is 2.53. The molecular weight excluding hydrogens is 253 g/mol. The third kappa shape index (κ3) is 4.19. The first-order valence-electron chi connectivity index (χ1n) is 5.65. The Morgan fingerprint density at radius 3 is 2.84 bits per heavy atom. The van der Waals surface area contributed by atoms with Gasteiger partial charge in [0.1, 0.15) is 11.5 Å². The Balaban J connectivity index is 3.06. The second kappa shape index (κ2) is 7.28. The second-order valence-corrected chi connectivity index (χ2v) is 3.78. The molecule has 1 aromatic carbocycles. The number of nitriles is 1. The van der Waals surface area contributed by atoms with Gasteiger partial charge in [-0.25, -0.2) is 4.39 Å². The van der Waals surface area contributed by atoms with E-state index in [4.69, 9.17) is 10.00 Å². The number of hydrogen-bond acceptors (Lipinski definition) is 5. The van der Waals surface area contributed by atoms with Crippen LogP contribution in [0.2, 0.25) is 0 Å². The van der Waals surface area contributed by atoms with Crippen molar-refractivity contribution < 1.29 is 14.1 Å². The van der Waals surface area contributed by atoms with Crippen molar-refractivity contribution in [1.82, 2.24) is 0 Å². The van der Waals surface area contributed by atoms with E-state index in [2.05, 4.69) is 0 Å². The van der Waals surface area contributed by atoms with Gasteiger partial charge in [-0.2, -0.15) is 5.26 Å². The molecule has 1 rings (SSSR count). The number of hydrogen-bond donors (Lipinski definition) is 0. The van der Waals surface area contributed by atoms with Gasteiger partial charge in [0.25, 0.3) is 5.69 Å². The molecule has 0 aliphatic heterocycles. The Kier molecular flexibility index (Phi) is 5.70. The van der Waals surface area contributed by atoms with Crippen molar-refractivity contribution in [3.05, 3.63) is 34.1 Å². The van der Waals surface area contributed by atoms with Crippen LogP contribution in [0.5, 0.6) is 0 Å². The van der Waals surface area contributed by atoms with Crippen molar-refractivity contribution in [1.29, 1.82) is 5.26 Å². The van der Waals surface area contributed by atoms with Crippen LogP contribution in [-0.4, -0.2) is 31.7 Å². The van der Waals surface area contributed by atoms with Gasteiger partial charge in [-0.1, -0.05) is 0 Å². The predicted octanol–water partition coefficient (Wildman–Crippen LogP) is 2.10. The summed E-state index contributed by atoms with van der Waals surface area (Å²) in [6.45, 7) is 1.08. The topological polar surface area (TPSA) is 79.4 Å². The van der Waals surface area contributed by atoms with Crippen LogP contribution in [-0.2, 0) is 4.74 Å². The lowest BCUT2D eigenvalue weighted by Gasteiger charge is -2.23. The third-order valence-electron chi connectivity index (χ3n) is 2.53. The highest BCUT2D eigenvalue weighted by Gasteiger charge is 2.20. The summed E-state index contributed by atoms with van der Waals surface area (Å²) >= 11 is 0. The number of nitro groups is 1. The molecule has 0 N–H and O–H groups in total. The molecule has 0 bridgehead atoms. The maximum atomic E-state index is 13.1. The first-order valence-corrected chi connectivity index (χ1v) is 5.65. The Hall–Kier alpha value is -2.20. The second-order valence-electron chi connectivity index (χ2n) is 3.78. The molecule has 0 amide bonds. The van der Waals surface area contributed by atoms with Gasteiger partial charge in [-0.15, -0.1) is 0 Å². The maximum absolute atomic E-state index is 13.1. The number of methoxy groups -OCH3 is 1. The number of benzene rings is 1. The largest absolute Gasteiger partial charge is 0.383 e. The van der Waals surface area contributed by atoms with Crippen molar-refractivity contribution in [2.24, 2.45) is 0 Å². The first-order chi connectivity index (χ1) is 9.10. The lowest BCUT2D eigenvalue weighted by atomic mass is 10.2. The van der Waals surface area contributed by atoms with Crippen molar-refractivity contribution in [3.8, 4) is 6.07 Å². The lowest BCUT2D eigenvalue weighted by molar-refractivity contribution is -0.384. The van der Waals surface area contributed by atoms with E-state index in [0.29, 0.717) is 25.4 Å². The number of halogens is 1. The minimum Gasteiger partial charge on any atom is -0.383 e. The molecule has 0 saturated carbocycles. The van der Waals surface area contributed by atoms with Gasteiger partial charge < -0.3 is 9.64 Å². The molecule has 7 heteroatoms. The van der Waals surface area contributed by atoms with Gasteiger partial charge >= 0.3 is 0 Å². The molecule has 0 saturated heterocycles. The standard InChI is InChI=1S/C12H14FN3O3/c1-19-8-7-15(6-2-5-14)11-4-3-10(13)9-12(11)16(17)18/h3-4,9H,2,6-8H2,1H3. The Morgan fingerprint density at radius 2 is 2.26 bits per heavy atom. The molecular formula is C12H14FN3O3. The summed E-state index contributed by atoms with van der Waals surface area (Å²) in [5.41, 5.74) is -0.0206. The van der Waals surface area contributed by atoms with E-state index in [1.165, 1.54) is 13.2 Å². The molecule has 1 aromatic rings. The van der Waals surface area contributed by atoms with E-state index in [9.17, 15) is 14.5 Å². The van der Waals surface area contributed by atoms with Crippen LogP contribution in [0, 0.1) is 27.3 Å². The first kappa shape index (κ1) is 14.9. The zero-order valence-corrected chi connectivity index (χ0v) is 10.5. The Morgan fingerprint density at radius 1 is 1.53 bits per heavy atom. The number of anilines is 1. The Labute approximate surface area is 110 Å². The van der Waals surface area contributed by atoms with Gasteiger partial charge in [-0.05, 0) is 12.1 Å². The van der Waals surface area contributed by atoms with E-state index >= 15 is 0 Å². The predicted molar refractivity (Wildman–Crippen MR) is 67.4 cm³/mol. The molecule has 0 aliphatic carbocycles. The maximum Gasteiger partial charge on any atom is 0.295 e. The van der Waals surface area contributed by atoms with Crippen LogP contribution in [0.1, 0.15) is 6.42 Å². The van der Waals surface area contributed by atoms with E-state index in [1.54, 1.807) is 4.90 Å². The van der Waals surface area contributed by atoms with Crippen LogP contribution >= 0.6 is 0 Å². The molecule has 0 fully saturated rings. The van der Waals surface area contributed by atoms with Crippen LogP contribution in [0.25, 0.3) is 0 Å². The van der Waals surface area contributed by atoms with E-state index in [0.717, 1.165) is 12.1 Å². The minimum atomic E-state index is -0.664. The van der Waals surface area contributed by atoms with Gasteiger partial charge in [0.05, 0.1) is 30.1 Å². The van der Waals surface area contributed by atoms with Crippen LogP contribution in [0.4, 0.5) is 15.8 Å². The summed E-state index contributed by atoms with van der Waals surface area (Å²) in [6, 6.07) is 5.36. The summed E-state index contributed by atoms with van der Waals surface area (Å²) < 4.78 is 18.0. The van der Waals surface area contributed by atoms with Gasteiger partial charge in [0, 0.05) is 20.2 Å². The zero-order valence-electron chi connectivity index (χ0n) is 10.5. The Bertz CT molecular complexity index is 488. The number of ether oxygens (including phenoxy) is 1. The molecule has 0 spiro atoms. The summed E-state index contributed by atoms with van der Waals surface area (Å²) in [5.74, 6) is -0.664. The molecule has 0 unspecified atom stereocenters. The quantitative estimate of drug-likeness (QED) is 0.558. The summed E-state index contributed by atoms with van der Waals surface area (Å²) in [7, 11) is 1.52. The summed E-state index contributed by atoms with van der Waals surface area (Å²) in [6.07, 6.45) is 0.220. The summed E-state index contributed by atoms with van der Waals surface area (Å²) in [4.78, 5) is 12.0. The van der Waals surface area contributed by atoms with Crippen molar-refractivity contribution in [2.75, 3.05) is 31.7 Å². The monoisotopic (exact) mass is 267 g/mol. The molecule has 0 heterocycles. The molecule has 0 aliphatic rings. The van der Waals surface area contributed by atoms with Crippen LogP contribution in [0.3, 0.4) is 0 Å². The van der Waals surface area contributed by atoms with Crippen LogP contribution in [0.15, 0.2) is 18.2 Å². The van der Waals surface area contributed by atoms with E-state index in [1.807, 2.05) is 6.07 Å². The van der Waals surface area contributed by atoms with Crippen molar-refractivity contribution in [3.63, 3.8) is 0 Å². The van der Waals surface area contributed by atoms with E-state index < -0.39 is 10.7 Å². The smallest absolute Gasteiger partial charge is 0.295 e. The normalized spacial score (nSPS) is 9.95. The molecule has 0 aromatic heterocycles. The molecule has 102 valence electrons. The summed E-state index contributed by atoms with van der Waals surface area (Å²) in [5, 5.41) is 19.6. The zero-order chi connectivity index (χ0) is 14.3. The highest BCUT2D eigenvalue weighted by atomic mass is 19.1. The fourth-order valence-electron chi connectivity index (χ4n) is 1.65. The van der Waals surface area contributed by atoms with Gasteiger partial charge in [0.2, 0.25) is 0 Å². The van der Waals surface area contributed by atoms with Crippen molar-refractivity contribution in [2.45, 2.75) is 6.42 Å². The van der Waals surface area contributed by atoms with Crippen LogP contribution < -0.4 is 4.90 Å². The average Bonchev–Trinajstić information content (AvgIpc) is 2.39. The lowest BCUT2D eigenvalue weighted by Crippen LogP contribution is -2.28. The SMILES string of the molecule is COCCN(CCC#N)c1ccc(F)cc1[N+](=O)[O-]. The molecule has 6 nitrogen and oxygen atoms in total. The fraction of sp³-hybridized carbons (Fsp3) is 0.417. The van der Waals surface area contributed by atoms with Gasteiger partial charge in [-0.3, -0.25) is 10.1 Å². The molecule has 0 radical (unpaired) electrons. The number of nitrogens with zero attached hydrogens (tertiary/aromatic N) is 3. The van der Waals surface area contributed by atoms with E-state index in [-0.39, 0.29) is 12.1 Å². The molecule has 19 heavy (non-hydrogen) atoms. The fourth-order valence-corrected chi connectivity index (χ4v) is 1.65. The molecule has 0 atom stereocenters. The van der Waals surface area contributed by atoms with Crippen molar-refractivity contribution >= 4 is 11.4 Å². The number of rotatable bonds is 7. The highest BCUT2D eigenvalue weighted by molar-refractivity contribution is 5.63. The number of nitro benzene ring substituents is 1. The minimum absolute atomic E-state index is 0.220. The average molecular weight is 267 g/mol. The van der Waals surface area contributed by atoms with Gasteiger partial charge in [0.15, 0.2) is 0 Å².